The van der Waals surface area contributed by atoms with Crippen LogP contribution in [0.1, 0.15) is 88.3 Å². The van der Waals surface area contributed by atoms with Crippen LogP contribution in [0.25, 0.3) is 11.3 Å². The monoisotopic (exact) mass is 426 g/mol. The molecule has 0 atom stereocenters. The molecular formula is C26H38N2OS. The number of aliphatic hydroxyl groups excluding tert-OH is 1. The van der Waals surface area contributed by atoms with E-state index in [4.69, 9.17) is 10.1 Å². The second-order valence-corrected chi connectivity index (χ2v) is 11.5. The van der Waals surface area contributed by atoms with Crippen molar-refractivity contribution in [1.29, 1.82) is 0 Å². The van der Waals surface area contributed by atoms with Gasteiger partial charge < -0.3 is 10.0 Å². The van der Waals surface area contributed by atoms with E-state index in [9.17, 15) is 0 Å². The van der Waals surface area contributed by atoms with Crippen molar-refractivity contribution < 1.29 is 5.11 Å². The van der Waals surface area contributed by atoms with Crippen LogP contribution in [-0.4, -0.2) is 41.2 Å². The van der Waals surface area contributed by atoms with Gasteiger partial charge >= 0.3 is 0 Å². The average Bonchev–Trinajstić information content (AvgIpc) is 3.22. The summed E-state index contributed by atoms with van der Waals surface area (Å²) in [5.74, 6) is 0.603. The quantitative estimate of drug-likeness (QED) is 0.566. The van der Waals surface area contributed by atoms with Crippen LogP contribution in [0.3, 0.4) is 0 Å². The highest BCUT2D eigenvalue weighted by atomic mass is 32.1. The fraction of sp³-hybridized carbons (Fsp3) is 0.654. The van der Waals surface area contributed by atoms with E-state index >= 15 is 0 Å². The highest BCUT2D eigenvalue weighted by Gasteiger charge is 2.37. The Bertz CT molecular complexity index is 862. The van der Waals surface area contributed by atoms with Gasteiger partial charge in [0.2, 0.25) is 0 Å². The van der Waals surface area contributed by atoms with E-state index in [-0.39, 0.29) is 10.8 Å². The average molecular weight is 427 g/mol. The summed E-state index contributed by atoms with van der Waals surface area (Å²) >= 11 is 1.85. The molecule has 2 heterocycles. The highest BCUT2D eigenvalue weighted by molar-refractivity contribution is 7.10. The summed E-state index contributed by atoms with van der Waals surface area (Å²) in [4.78, 5) is 7.65. The number of hydrogen-bond donors (Lipinski definition) is 1. The van der Waals surface area contributed by atoms with Crippen molar-refractivity contribution in [3.05, 3.63) is 39.7 Å². The zero-order valence-electron chi connectivity index (χ0n) is 19.2. The molecule has 0 spiro atoms. The van der Waals surface area contributed by atoms with Gasteiger partial charge in [0.1, 0.15) is 0 Å². The highest BCUT2D eigenvalue weighted by Crippen LogP contribution is 2.47. The van der Waals surface area contributed by atoms with Crippen LogP contribution < -0.4 is 0 Å². The lowest BCUT2D eigenvalue weighted by atomic mass is 9.63. The van der Waals surface area contributed by atoms with Gasteiger partial charge in [-0.25, -0.2) is 4.98 Å². The number of likely N-dealkylation sites (tertiary alicyclic amines) is 1. The Morgan fingerprint density at radius 2 is 1.73 bits per heavy atom. The molecule has 30 heavy (non-hydrogen) atoms. The van der Waals surface area contributed by atoms with Gasteiger partial charge in [-0.15, -0.1) is 11.3 Å². The number of nitrogens with zero attached hydrogens (tertiary/aromatic N) is 2. The summed E-state index contributed by atoms with van der Waals surface area (Å²) in [5.41, 5.74) is 5.98. The van der Waals surface area contributed by atoms with Gasteiger partial charge in [0.05, 0.1) is 10.7 Å². The molecule has 164 valence electrons. The number of piperidine rings is 1. The van der Waals surface area contributed by atoms with Gasteiger partial charge in [0, 0.05) is 23.5 Å². The van der Waals surface area contributed by atoms with Crippen LogP contribution in [0.15, 0.2) is 23.6 Å². The maximum atomic E-state index is 8.98. The van der Waals surface area contributed by atoms with Crippen LogP contribution >= 0.6 is 11.3 Å². The summed E-state index contributed by atoms with van der Waals surface area (Å²) in [5, 5.41) is 12.6. The molecule has 1 saturated heterocycles. The Hall–Kier alpha value is -1.23. The van der Waals surface area contributed by atoms with Gasteiger partial charge in [0.15, 0.2) is 0 Å². The smallest absolute Gasteiger partial charge is 0.0964 e. The molecule has 4 rings (SSSR count). The number of thiazole rings is 1. The summed E-state index contributed by atoms with van der Waals surface area (Å²) in [6.45, 7) is 13.3. The molecule has 1 aromatic heterocycles. The third-order valence-electron chi connectivity index (χ3n) is 7.49. The van der Waals surface area contributed by atoms with E-state index in [1.165, 1.54) is 47.4 Å². The molecule has 0 amide bonds. The number of aliphatic hydroxyl groups is 1. The van der Waals surface area contributed by atoms with Gasteiger partial charge in [-0.05, 0) is 86.2 Å². The van der Waals surface area contributed by atoms with Gasteiger partial charge in [0.25, 0.3) is 0 Å². The number of hydrogen-bond acceptors (Lipinski definition) is 4. The maximum Gasteiger partial charge on any atom is 0.0964 e. The lowest BCUT2D eigenvalue weighted by molar-refractivity contribution is 0.199. The van der Waals surface area contributed by atoms with E-state index in [1.807, 2.05) is 11.3 Å². The van der Waals surface area contributed by atoms with E-state index in [0.717, 1.165) is 38.2 Å². The first-order chi connectivity index (χ1) is 14.3. The second kappa shape index (κ2) is 8.72. The van der Waals surface area contributed by atoms with E-state index in [1.54, 1.807) is 0 Å². The molecule has 0 saturated carbocycles. The SMILES string of the molecule is CC1(C)CCC(C)(C)c2cc(-c3csc(C4CCN(CCCCO)CC4)n3)ccc21. The predicted octanol–water partition coefficient (Wildman–Crippen LogP) is 6.11. The number of unbranched alkanes of at least 4 members (excludes halogenated alkanes) is 1. The minimum atomic E-state index is 0.239. The van der Waals surface area contributed by atoms with Crippen molar-refractivity contribution in [2.75, 3.05) is 26.2 Å². The summed E-state index contributed by atoms with van der Waals surface area (Å²) < 4.78 is 0. The Kier molecular flexibility index (Phi) is 6.39. The van der Waals surface area contributed by atoms with Crippen molar-refractivity contribution in [2.24, 2.45) is 0 Å². The van der Waals surface area contributed by atoms with Crippen molar-refractivity contribution in [2.45, 2.75) is 83.0 Å². The van der Waals surface area contributed by atoms with Gasteiger partial charge in [-0.3, -0.25) is 0 Å². The van der Waals surface area contributed by atoms with Crippen molar-refractivity contribution >= 4 is 11.3 Å². The molecule has 1 fully saturated rings. The molecule has 1 aliphatic carbocycles. The number of fused-ring (bicyclic) bond motifs is 1. The first kappa shape index (κ1) is 22.0. The van der Waals surface area contributed by atoms with Crippen LogP contribution in [0, 0.1) is 0 Å². The first-order valence-electron chi connectivity index (χ1n) is 11.7. The Morgan fingerprint density at radius 1 is 1.03 bits per heavy atom. The first-order valence-corrected chi connectivity index (χ1v) is 12.6. The molecule has 4 heteroatoms. The lowest BCUT2D eigenvalue weighted by Crippen LogP contribution is -2.33. The topological polar surface area (TPSA) is 36.4 Å². The summed E-state index contributed by atoms with van der Waals surface area (Å²) in [7, 11) is 0. The van der Waals surface area contributed by atoms with Gasteiger partial charge in [-0.1, -0.05) is 39.8 Å². The summed E-state index contributed by atoms with van der Waals surface area (Å²) in [6.07, 6.45) is 6.94. The number of aromatic nitrogens is 1. The molecular weight excluding hydrogens is 388 g/mol. The van der Waals surface area contributed by atoms with Crippen molar-refractivity contribution in [3.63, 3.8) is 0 Å². The lowest BCUT2D eigenvalue weighted by Gasteiger charge is -2.42. The maximum absolute atomic E-state index is 8.98. The third-order valence-corrected chi connectivity index (χ3v) is 8.50. The van der Waals surface area contributed by atoms with Crippen LogP contribution in [0.2, 0.25) is 0 Å². The van der Waals surface area contributed by atoms with Crippen LogP contribution in [-0.2, 0) is 10.8 Å². The molecule has 1 aromatic carbocycles. The minimum absolute atomic E-state index is 0.239. The zero-order valence-corrected chi connectivity index (χ0v) is 20.0. The largest absolute Gasteiger partial charge is 0.396 e. The molecule has 2 aromatic rings. The normalized spacial score (nSPS) is 21.5. The zero-order chi connectivity index (χ0) is 21.4. The van der Waals surface area contributed by atoms with Crippen molar-refractivity contribution in [1.82, 2.24) is 9.88 Å². The number of rotatable bonds is 6. The minimum Gasteiger partial charge on any atom is -0.396 e. The number of benzene rings is 1. The third kappa shape index (κ3) is 4.51. The van der Waals surface area contributed by atoms with E-state index < -0.39 is 0 Å². The Morgan fingerprint density at radius 3 is 2.43 bits per heavy atom. The molecule has 3 nitrogen and oxygen atoms in total. The second-order valence-electron chi connectivity index (χ2n) is 10.6. The van der Waals surface area contributed by atoms with Gasteiger partial charge in [-0.2, -0.15) is 0 Å². The van der Waals surface area contributed by atoms with Crippen molar-refractivity contribution in [3.8, 4) is 11.3 Å². The fourth-order valence-corrected chi connectivity index (χ4v) is 6.21. The predicted molar refractivity (Wildman–Crippen MR) is 128 cm³/mol. The molecule has 0 unspecified atom stereocenters. The molecule has 0 radical (unpaired) electrons. The van der Waals surface area contributed by atoms with E-state index in [0.29, 0.717) is 12.5 Å². The fourth-order valence-electron chi connectivity index (χ4n) is 5.21. The molecule has 1 aliphatic heterocycles. The Labute approximate surface area is 186 Å². The van der Waals surface area contributed by atoms with Crippen LogP contribution in [0.4, 0.5) is 0 Å². The molecule has 0 bridgehead atoms. The molecule has 1 N–H and O–H groups in total. The summed E-state index contributed by atoms with van der Waals surface area (Å²) in [6, 6.07) is 7.10. The standard InChI is InChI=1S/C26H38N2OS/c1-25(2)11-12-26(3,4)22-17-20(7-8-21(22)25)23-18-30-24(27-23)19-9-14-28(15-10-19)13-5-6-16-29/h7-8,17-19,29H,5-6,9-16H2,1-4H3. The van der Waals surface area contributed by atoms with Crippen LogP contribution in [0.5, 0.6) is 0 Å². The molecule has 2 aliphatic rings. The van der Waals surface area contributed by atoms with E-state index in [2.05, 4.69) is 56.2 Å². The Balaban J connectivity index is 1.48.